The van der Waals surface area contributed by atoms with E-state index in [1.165, 1.54) is 0 Å². The van der Waals surface area contributed by atoms with Crippen LogP contribution in [-0.4, -0.2) is 11.7 Å². The van der Waals surface area contributed by atoms with Gasteiger partial charge in [-0.15, -0.1) is 11.8 Å². The number of benzene rings is 2. The van der Waals surface area contributed by atoms with Crippen molar-refractivity contribution in [3.8, 4) is 0 Å². The predicted molar refractivity (Wildman–Crippen MR) is 91.0 cm³/mol. The number of thioether (sulfide) groups is 1. The Hall–Kier alpha value is -1.65. The van der Waals surface area contributed by atoms with E-state index >= 15 is 0 Å². The number of nitrogens with two attached hydrogens (primary N) is 1. The van der Waals surface area contributed by atoms with Gasteiger partial charge in [-0.2, -0.15) is 0 Å². The largest absolute Gasteiger partial charge is 0.398 e. The average Bonchev–Trinajstić information content (AvgIpc) is 2.46. The van der Waals surface area contributed by atoms with Gasteiger partial charge < -0.3 is 11.1 Å². The second-order valence-corrected chi connectivity index (χ2v) is 6.23. The molecule has 1 amide bonds. The first-order chi connectivity index (χ1) is 10.1. The molecule has 0 radical (unpaired) electrons. The maximum absolute atomic E-state index is 11.9. The molecule has 2 aromatic rings. The molecule has 0 atom stereocenters. The summed E-state index contributed by atoms with van der Waals surface area (Å²) in [6.45, 7) is 1.90. The number of nitrogens with one attached hydrogen (secondary N) is 1. The Morgan fingerprint density at radius 1 is 1.24 bits per heavy atom. The Kier molecular flexibility index (Phi) is 5.53. The Morgan fingerprint density at radius 3 is 2.67 bits per heavy atom. The van der Waals surface area contributed by atoms with Gasteiger partial charge in [0.25, 0.3) is 0 Å². The maximum Gasteiger partial charge on any atom is 0.225 e. The van der Waals surface area contributed by atoms with Crippen LogP contribution in [0.15, 0.2) is 47.4 Å². The van der Waals surface area contributed by atoms with Crippen molar-refractivity contribution >= 4 is 40.6 Å². The summed E-state index contributed by atoms with van der Waals surface area (Å²) in [4.78, 5) is 13.0. The van der Waals surface area contributed by atoms with Crippen LogP contribution in [0.1, 0.15) is 12.0 Å². The lowest BCUT2D eigenvalue weighted by molar-refractivity contribution is -0.115. The van der Waals surface area contributed by atoms with Gasteiger partial charge in [-0.05, 0) is 48.9 Å². The molecule has 0 fully saturated rings. The molecule has 5 heteroatoms. The summed E-state index contributed by atoms with van der Waals surface area (Å²) in [5, 5.41) is 3.61. The summed E-state index contributed by atoms with van der Waals surface area (Å²) in [5.41, 5.74) is 8.18. The third-order valence-corrected chi connectivity index (χ3v) is 4.33. The molecule has 0 unspecified atom stereocenters. The van der Waals surface area contributed by atoms with Crippen LogP contribution in [0.5, 0.6) is 0 Å². The summed E-state index contributed by atoms with van der Waals surface area (Å²) >= 11 is 7.46. The molecule has 0 saturated carbocycles. The zero-order chi connectivity index (χ0) is 15.2. The summed E-state index contributed by atoms with van der Waals surface area (Å²) < 4.78 is 0. The van der Waals surface area contributed by atoms with Crippen LogP contribution < -0.4 is 11.1 Å². The summed E-state index contributed by atoms with van der Waals surface area (Å²) in [6, 6.07) is 13.1. The zero-order valence-corrected chi connectivity index (χ0v) is 13.3. The topological polar surface area (TPSA) is 55.1 Å². The molecule has 21 heavy (non-hydrogen) atoms. The molecule has 0 aliphatic heterocycles. The van der Waals surface area contributed by atoms with E-state index in [0.29, 0.717) is 17.1 Å². The smallest absolute Gasteiger partial charge is 0.225 e. The molecular weight excluding hydrogens is 304 g/mol. The van der Waals surface area contributed by atoms with Gasteiger partial charge in [0.2, 0.25) is 5.91 Å². The Bertz CT molecular complexity index is 629. The van der Waals surface area contributed by atoms with E-state index in [2.05, 4.69) is 5.32 Å². The second-order valence-electron chi connectivity index (χ2n) is 4.62. The van der Waals surface area contributed by atoms with Gasteiger partial charge in [-0.25, -0.2) is 0 Å². The van der Waals surface area contributed by atoms with Crippen LogP contribution in [0.3, 0.4) is 0 Å². The molecule has 0 spiro atoms. The van der Waals surface area contributed by atoms with Crippen LogP contribution in [0.25, 0.3) is 0 Å². The van der Waals surface area contributed by atoms with E-state index in [4.69, 9.17) is 17.3 Å². The van der Waals surface area contributed by atoms with Crippen LogP contribution in [-0.2, 0) is 4.79 Å². The van der Waals surface area contributed by atoms with E-state index in [1.54, 1.807) is 11.8 Å². The van der Waals surface area contributed by atoms with Gasteiger partial charge in [0, 0.05) is 33.5 Å². The summed E-state index contributed by atoms with van der Waals surface area (Å²) in [7, 11) is 0. The van der Waals surface area contributed by atoms with E-state index in [9.17, 15) is 4.79 Å². The van der Waals surface area contributed by atoms with Gasteiger partial charge in [0.15, 0.2) is 0 Å². The standard InChI is InChI=1S/C16H17ClN2OS/c1-11-14(18)3-2-4-15(11)19-16(20)9-10-21-13-7-5-12(17)6-8-13/h2-8H,9-10,18H2,1H3,(H,19,20). The molecule has 0 saturated heterocycles. The van der Waals surface area contributed by atoms with Gasteiger partial charge in [0.05, 0.1) is 0 Å². The monoisotopic (exact) mass is 320 g/mol. The molecule has 2 aromatic carbocycles. The lowest BCUT2D eigenvalue weighted by Gasteiger charge is -2.10. The molecule has 0 heterocycles. The fourth-order valence-electron chi connectivity index (χ4n) is 1.79. The fraction of sp³-hybridized carbons (Fsp3) is 0.188. The van der Waals surface area contributed by atoms with Crippen molar-refractivity contribution in [2.24, 2.45) is 0 Å². The zero-order valence-electron chi connectivity index (χ0n) is 11.7. The first-order valence-corrected chi connectivity index (χ1v) is 7.96. The summed E-state index contributed by atoms with van der Waals surface area (Å²) in [5.74, 6) is 0.708. The second kappa shape index (κ2) is 7.38. The first-order valence-electron chi connectivity index (χ1n) is 6.59. The minimum absolute atomic E-state index is 0.00911. The minimum Gasteiger partial charge on any atom is -0.398 e. The highest BCUT2D eigenvalue weighted by atomic mass is 35.5. The molecule has 0 aliphatic rings. The SMILES string of the molecule is Cc1c(N)cccc1NC(=O)CCSc1ccc(Cl)cc1. The Balaban J connectivity index is 1.82. The lowest BCUT2D eigenvalue weighted by atomic mass is 10.1. The van der Waals surface area contributed by atoms with Crippen molar-refractivity contribution in [3.63, 3.8) is 0 Å². The van der Waals surface area contributed by atoms with Crippen LogP contribution in [0.2, 0.25) is 5.02 Å². The van der Waals surface area contributed by atoms with E-state index in [1.807, 2.05) is 49.4 Å². The van der Waals surface area contributed by atoms with Gasteiger partial charge in [-0.3, -0.25) is 4.79 Å². The molecule has 0 aliphatic carbocycles. The average molecular weight is 321 g/mol. The molecule has 2 rings (SSSR count). The molecular formula is C16H17ClN2OS. The highest BCUT2D eigenvalue weighted by molar-refractivity contribution is 7.99. The summed E-state index contributed by atoms with van der Waals surface area (Å²) in [6.07, 6.45) is 0.446. The molecule has 3 N–H and O–H groups in total. The molecule has 3 nitrogen and oxygen atoms in total. The molecule has 110 valence electrons. The van der Waals surface area contributed by atoms with Gasteiger partial charge in [-0.1, -0.05) is 17.7 Å². The number of hydrogen-bond acceptors (Lipinski definition) is 3. The van der Waals surface area contributed by atoms with Crippen LogP contribution >= 0.6 is 23.4 Å². The van der Waals surface area contributed by atoms with Crippen LogP contribution in [0.4, 0.5) is 11.4 Å². The quantitative estimate of drug-likeness (QED) is 0.636. The number of anilines is 2. The third-order valence-electron chi connectivity index (χ3n) is 3.06. The lowest BCUT2D eigenvalue weighted by Crippen LogP contribution is -2.13. The molecule has 0 bridgehead atoms. The normalized spacial score (nSPS) is 10.4. The predicted octanol–water partition coefficient (Wildman–Crippen LogP) is 4.35. The van der Waals surface area contributed by atoms with Crippen molar-refractivity contribution in [3.05, 3.63) is 53.1 Å². The van der Waals surface area contributed by atoms with Gasteiger partial charge in [0.1, 0.15) is 0 Å². The number of carbonyl (C=O) groups is 1. The van der Waals surface area contributed by atoms with E-state index in [0.717, 1.165) is 21.9 Å². The number of halogens is 1. The molecule has 0 aromatic heterocycles. The highest BCUT2D eigenvalue weighted by Crippen LogP contribution is 2.23. The van der Waals surface area contributed by atoms with Crippen molar-refractivity contribution in [1.82, 2.24) is 0 Å². The minimum atomic E-state index is -0.00911. The Morgan fingerprint density at radius 2 is 1.95 bits per heavy atom. The Labute approximate surface area is 133 Å². The van der Waals surface area contributed by atoms with Crippen LogP contribution in [0, 0.1) is 6.92 Å². The van der Waals surface area contributed by atoms with Crippen molar-refractivity contribution in [2.45, 2.75) is 18.2 Å². The van der Waals surface area contributed by atoms with E-state index in [-0.39, 0.29) is 5.91 Å². The third kappa shape index (κ3) is 4.69. The fourth-order valence-corrected chi connectivity index (χ4v) is 2.77. The number of rotatable bonds is 5. The first kappa shape index (κ1) is 15.7. The van der Waals surface area contributed by atoms with Crippen molar-refractivity contribution < 1.29 is 4.79 Å². The van der Waals surface area contributed by atoms with E-state index < -0.39 is 0 Å². The number of hydrogen-bond donors (Lipinski definition) is 2. The highest BCUT2D eigenvalue weighted by Gasteiger charge is 2.06. The maximum atomic E-state index is 11.9. The van der Waals surface area contributed by atoms with Crippen molar-refractivity contribution in [2.75, 3.05) is 16.8 Å². The number of nitrogen functional groups attached to an aromatic ring is 1. The number of amides is 1. The van der Waals surface area contributed by atoms with Gasteiger partial charge >= 0.3 is 0 Å². The number of carbonyl (C=O) groups excluding carboxylic acids is 1. The van der Waals surface area contributed by atoms with Crippen molar-refractivity contribution in [1.29, 1.82) is 0 Å².